The van der Waals surface area contributed by atoms with Crippen LogP contribution in [0.5, 0.6) is 0 Å². The molecule has 1 fully saturated rings. The molecule has 78 valence electrons. The highest BCUT2D eigenvalue weighted by molar-refractivity contribution is 7.10. The van der Waals surface area contributed by atoms with E-state index in [1.165, 1.54) is 0 Å². The number of aliphatic hydroxyl groups is 1. The van der Waals surface area contributed by atoms with Crippen LogP contribution in [0.3, 0.4) is 0 Å². The first kappa shape index (κ1) is 10.4. The van der Waals surface area contributed by atoms with Gasteiger partial charge in [0.05, 0.1) is 10.6 Å². The molecule has 2 rings (SSSR count). The van der Waals surface area contributed by atoms with Crippen molar-refractivity contribution in [2.75, 3.05) is 13.1 Å². The van der Waals surface area contributed by atoms with Crippen molar-refractivity contribution >= 4 is 22.9 Å². The Morgan fingerprint density at radius 3 is 3.07 bits per heavy atom. The number of rotatable bonds is 2. The maximum Gasteiger partial charge on any atom is 0.0820 e. The molecule has 1 aromatic rings. The molecule has 1 aliphatic heterocycles. The largest absolute Gasteiger partial charge is 0.388 e. The van der Waals surface area contributed by atoms with Crippen LogP contribution in [0, 0.1) is 0 Å². The van der Waals surface area contributed by atoms with Gasteiger partial charge in [0.25, 0.3) is 0 Å². The molecule has 1 saturated heterocycles. The van der Waals surface area contributed by atoms with Gasteiger partial charge in [-0.15, -0.1) is 11.3 Å². The van der Waals surface area contributed by atoms with Gasteiger partial charge in [0, 0.05) is 17.8 Å². The van der Waals surface area contributed by atoms with Gasteiger partial charge in [0.2, 0.25) is 0 Å². The van der Waals surface area contributed by atoms with Gasteiger partial charge in [-0.25, -0.2) is 0 Å². The second kappa shape index (κ2) is 4.19. The lowest BCUT2D eigenvalue weighted by molar-refractivity contribution is 0.0177. The molecule has 0 aliphatic carbocycles. The van der Waals surface area contributed by atoms with E-state index in [2.05, 4.69) is 5.32 Å². The lowest BCUT2D eigenvalue weighted by Gasteiger charge is -2.32. The molecular formula is C10H14ClNOS. The molecule has 0 saturated carbocycles. The topological polar surface area (TPSA) is 32.3 Å². The van der Waals surface area contributed by atoms with Crippen molar-refractivity contribution in [2.24, 2.45) is 0 Å². The van der Waals surface area contributed by atoms with Crippen LogP contribution in [0.4, 0.5) is 0 Å². The van der Waals surface area contributed by atoms with Gasteiger partial charge in [0.1, 0.15) is 0 Å². The lowest BCUT2D eigenvalue weighted by Crippen LogP contribution is -2.47. The second-order valence-electron chi connectivity index (χ2n) is 3.87. The molecule has 1 aliphatic rings. The van der Waals surface area contributed by atoms with Crippen LogP contribution in [0.1, 0.15) is 17.7 Å². The SMILES string of the molecule is OC1(Cc2sccc2Cl)CCCNC1. The smallest absolute Gasteiger partial charge is 0.0820 e. The Morgan fingerprint density at radius 1 is 1.64 bits per heavy atom. The summed E-state index contributed by atoms with van der Waals surface area (Å²) in [6.07, 6.45) is 2.59. The average Bonchev–Trinajstić information content (AvgIpc) is 2.52. The Kier molecular flexibility index (Phi) is 3.12. The minimum atomic E-state index is -0.591. The fourth-order valence-corrected chi connectivity index (χ4v) is 3.09. The van der Waals surface area contributed by atoms with Crippen LogP contribution in [-0.4, -0.2) is 23.8 Å². The van der Waals surface area contributed by atoms with Gasteiger partial charge in [-0.2, -0.15) is 0 Å². The third-order valence-electron chi connectivity index (χ3n) is 2.63. The number of nitrogens with one attached hydrogen (secondary N) is 1. The number of piperidine rings is 1. The summed E-state index contributed by atoms with van der Waals surface area (Å²) in [5, 5.41) is 16.2. The summed E-state index contributed by atoms with van der Waals surface area (Å²) in [4.78, 5) is 1.10. The summed E-state index contributed by atoms with van der Waals surface area (Å²) >= 11 is 7.62. The van der Waals surface area contributed by atoms with Crippen LogP contribution >= 0.6 is 22.9 Å². The summed E-state index contributed by atoms with van der Waals surface area (Å²) in [6.45, 7) is 1.70. The zero-order valence-corrected chi connectivity index (χ0v) is 9.50. The molecule has 1 aromatic heterocycles. The maximum atomic E-state index is 10.3. The number of halogens is 1. The molecule has 0 aromatic carbocycles. The fourth-order valence-electron chi connectivity index (χ4n) is 1.85. The summed E-state index contributed by atoms with van der Waals surface area (Å²) < 4.78 is 0. The molecule has 0 radical (unpaired) electrons. The highest BCUT2D eigenvalue weighted by atomic mass is 35.5. The highest BCUT2D eigenvalue weighted by Crippen LogP contribution is 2.29. The van der Waals surface area contributed by atoms with Gasteiger partial charge >= 0.3 is 0 Å². The quantitative estimate of drug-likeness (QED) is 0.817. The highest BCUT2D eigenvalue weighted by Gasteiger charge is 2.30. The van der Waals surface area contributed by atoms with E-state index in [0.717, 1.165) is 29.3 Å². The van der Waals surface area contributed by atoms with Gasteiger partial charge in [-0.1, -0.05) is 11.6 Å². The molecule has 1 atom stereocenters. The minimum Gasteiger partial charge on any atom is -0.388 e. The van der Waals surface area contributed by atoms with E-state index < -0.39 is 5.60 Å². The van der Waals surface area contributed by atoms with E-state index in [0.29, 0.717) is 13.0 Å². The number of β-amino-alcohol motifs (C(OH)–C–C–N with tert-alkyl or cyclic N) is 1. The lowest BCUT2D eigenvalue weighted by atomic mass is 9.90. The van der Waals surface area contributed by atoms with Crippen molar-refractivity contribution in [2.45, 2.75) is 24.9 Å². The van der Waals surface area contributed by atoms with Crippen molar-refractivity contribution in [3.8, 4) is 0 Å². The number of thiophene rings is 1. The summed E-state index contributed by atoms with van der Waals surface area (Å²) in [7, 11) is 0. The molecule has 0 spiro atoms. The third-order valence-corrected chi connectivity index (χ3v) is 4.02. The minimum absolute atomic E-state index is 0.591. The molecule has 14 heavy (non-hydrogen) atoms. The van der Waals surface area contributed by atoms with Gasteiger partial charge < -0.3 is 10.4 Å². The van der Waals surface area contributed by atoms with Crippen LogP contribution in [0.2, 0.25) is 5.02 Å². The van der Waals surface area contributed by atoms with Crippen LogP contribution in [0.25, 0.3) is 0 Å². The van der Waals surface area contributed by atoms with Crippen LogP contribution in [-0.2, 0) is 6.42 Å². The average molecular weight is 232 g/mol. The van der Waals surface area contributed by atoms with Crippen LogP contribution in [0.15, 0.2) is 11.4 Å². The van der Waals surface area contributed by atoms with E-state index in [9.17, 15) is 5.11 Å². The van der Waals surface area contributed by atoms with Gasteiger partial charge in [0.15, 0.2) is 0 Å². The molecule has 4 heteroatoms. The van der Waals surface area contributed by atoms with Crippen molar-refractivity contribution in [3.63, 3.8) is 0 Å². The Morgan fingerprint density at radius 2 is 2.50 bits per heavy atom. The summed E-state index contributed by atoms with van der Waals surface area (Å²) in [5.41, 5.74) is -0.591. The van der Waals surface area contributed by atoms with Crippen molar-refractivity contribution in [1.82, 2.24) is 5.32 Å². The standard InChI is InChI=1S/C10H14ClNOS/c11-8-2-5-14-9(8)6-10(13)3-1-4-12-7-10/h2,5,12-13H,1,3-4,6-7H2. The van der Waals surface area contributed by atoms with Gasteiger partial charge in [-0.05, 0) is 30.8 Å². The molecule has 1 unspecified atom stereocenters. The Hall–Kier alpha value is -0.0900. The zero-order chi connectivity index (χ0) is 10.0. The first-order valence-corrected chi connectivity index (χ1v) is 6.10. The van der Waals surface area contributed by atoms with Crippen molar-refractivity contribution in [3.05, 3.63) is 21.3 Å². The van der Waals surface area contributed by atoms with Crippen molar-refractivity contribution in [1.29, 1.82) is 0 Å². The Bertz CT molecular complexity index is 307. The third kappa shape index (κ3) is 2.28. The van der Waals surface area contributed by atoms with Crippen molar-refractivity contribution < 1.29 is 5.11 Å². The summed E-state index contributed by atoms with van der Waals surface area (Å²) in [6, 6.07) is 1.89. The molecule has 0 amide bonds. The van der Waals surface area contributed by atoms with Gasteiger partial charge in [-0.3, -0.25) is 0 Å². The van der Waals surface area contributed by atoms with Crippen LogP contribution < -0.4 is 5.32 Å². The number of hydrogen-bond acceptors (Lipinski definition) is 3. The monoisotopic (exact) mass is 231 g/mol. The van der Waals surface area contributed by atoms with E-state index in [-0.39, 0.29) is 0 Å². The maximum absolute atomic E-state index is 10.3. The predicted octanol–water partition coefficient (Wildman–Crippen LogP) is 2.06. The van der Waals surface area contributed by atoms with E-state index in [1.807, 2.05) is 11.4 Å². The Balaban J connectivity index is 2.05. The molecule has 2 nitrogen and oxygen atoms in total. The van der Waals surface area contributed by atoms with E-state index in [4.69, 9.17) is 11.6 Å². The second-order valence-corrected chi connectivity index (χ2v) is 5.28. The summed E-state index contributed by atoms with van der Waals surface area (Å²) in [5.74, 6) is 0. The molecule has 2 heterocycles. The Labute approximate surface area is 92.9 Å². The first-order valence-electron chi connectivity index (χ1n) is 4.85. The normalized spacial score (nSPS) is 27.9. The zero-order valence-electron chi connectivity index (χ0n) is 7.92. The number of hydrogen-bond donors (Lipinski definition) is 2. The fraction of sp³-hybridized carbons (Fsp3) is 0.600. The first-order chi connectivity index (χ1) is 6.70. The molecular weight excluding hydrogens is 218 g/mol. The van der Waals surface area contributed by atoms with E-state index in [1.54, 1.807) is 11.3 Å². The molecule has 2 N–H and O–H groups in total. The predicted molar refractivity (Wildman–Crippen MR) is 60.1 cm³/mol. The van der Waals surface area contributed by atoms with E-state index >= 15 is 0 Å². The molecule has 0 bridgehead atoms.